The van der Waals surface area contributed by atoms with Gasteiger partial charge < -0.3 is 4.74 Å². The molecule has 0 amide bonds. The first-order valence-corrected chi connectivity index (χ1v) is 13.9. The van der Waals surface area contributed by atoms with E-state index in [1.165, 1.54) is 35.4 Å². The largest absolute Gasteiger partial charge is 0.461 e. The van der Waals surface area contributed by atoms with E-state index in [2.05, 4.69) is 35.8 Å². The zero-order valence-electron chi connectivity index (χ0n) is 22.2. The summed E-state index contributed by atoms with van der Waals surface area (Å²) in [4.78, 5) is 17.8. The molecule has 0 unspecified atom stereocenters. The van der Waals surface area contributed by atoms with Gasteiger partial charge in [0.15, 0.2) is 0 Å². The van der Waals surface area contributed by atoms with Crippen LogP contribution in [-0.4, -0.2) is 54.6 Å². The molecule has 6 rings (SSSR count). The number of hydrogen-bond acceptors (Lipinski definition) is 4. The van der Waals surface area contributed by atoms with E-state index in [1.807, 2.05) is 24.3 Å². The van der Waals surface area contributed by atoms with Crippen LogP contribution in [0.1, 0.15) is 50.3 Å². The summed E-state index contributed by atoms with van der Waals surface area (Å²) in [7, 11) is 0. The summed E-state index contributed by atoms with van der Waals surface area (Å²) >= 11 is 0. The van der Waals surface area contributed by atoms with Crippen LogP contribution >= 0.6 is 0 Å². The van der Waals surface area contributed by atoms with E-state index in [0.717, 1.165) is 56.6 Å². The van der Waals surface area contributed by atoms with Gasteiger partial charge in [-0.2, -0.15) is 0 Å². The molecule has 2 aliphatic heterocycles. The van der Waals surface area contributed by atoms with Crippen LogP contribution in [-0.2, 0) is 9.53 Å². The molecule has 0 radical (unpaired) electrons. The first-order valence-electron chi connectivity index (χ1n) is 13.9. The van der Waals surface area contributed by atoms with Crippen molar-refractivity contribution in [3.05, 3.63) is 94.6 Å². The van der Waals surface area contributed by atoms with Gasteiger partial charge in [-0.15, -0.1) is 0 Å². The number of ether oxygens (including phenoxy) is 1. The molecule has 2 aromatic carbocycles. The Labute approximate surface area is 224 Å². The number of carbonyl (C=O) groups is 1. The number of hydrogen-bond donors (Lipinski definition) is 0. The first-order chi connectivity index (χ1) is 18.3. The average Bonchev–Trinajstić information content (AvgIpc) is 3.19. The minimum absolute atomic E-state index is 0.0187. The highest BCUT2D eigenvalue weighted by Gasteiger charge is 2.51. The van der Waals surface area contributed by atoms with E-state index in [1.54, 1.807) is 0 Å². The average molecular weight is 519 g/mol. The van der Waals surface area contributed by atoms with Crippen LogP contribution in [0.5, 0.6) is 0 Å². The quantitative estimate of drug-likeness (QED) is 0.461. The Hall–Kier alpha value is -2.83. The van der Waals surface area contributed by atoms with Gasteiger partial charge in [-0.3, -0.25) is 14.6 Å². The highest BCUT2D eigenvalue weighted by Crippen LogP contribution is 2.52. The van der Waals surface area contributed by atoms with Crippen molar-refractivity contribution >= 4 is 5.97 Å². The van der Waals surface area contributed by atoms with E-state index in [0.29, 0.717) is 6.54 Å². The number of rotatable bonds is 5. The Kier molecular flexibility index (Phi) is 6.73. The summed E-state index contributed by atoms with van der Waals surface area (Å²) in [5, 5.41) is 0. The number of nitrogens with zero attached hydrogens (tertiary/aromatic N) is 2. The van der Waals surface area contributed by atoms with Crippen LogP contribution in [0, 0.1) is 28.9 Å². The highest BCUT2D eigenvalue weighted by atomic mass is 19.1. The lowest BCUT2D eigenvalue weighted by atomic mass is 9.62. The summed E-state index contributed by atoms with van der Waals surface area (Å²) in [5.74, 6) is -0.594. The van der Waals surface area contributed by atoms with Gasteiger partial charge in [0.05, 0.1) is 12.0 Å². The lowest BCUT2D eigenvalue weighted by Gasteiger charge is -2.43. The van der Waals surface area contributed by atoms with Crippen molar-refractivity contribution in [1.29, 1.82) is 0 Å². The van der Waals surface area contributed by atoms with Gasteiger partial charge >= 0.3 is 5.97 Å². The Morgan fingerprint density at radius 1 is 0.974 bits per heavy atom. The molecule has 38 heavy (non-hydrogen) atoms. The lowest BCUT2D eigenvalue weighted by molar-refractivity contribution is -0.145. The molecule has 0 bridgehead atoms. The highest BCUT2D eigenvalue weighted by molar-refractivity contribution is 5.76. The number of carbonyl (C=O) groups excluding carboxylic acids is 1. The predicted molar refractivity (Wildman–Crippen MR) is 143 cm³/mol. The minimum atomic E-state index is -0.268. The van der Waals surface area contributed by atoms with Crippen molar-refractivity contribution < 1.29 is 18.3 Å². The molecule has 0 aromatic heterocycles. The predicted octanol–water partition coefficient (Wildman–Crippen LogP) is 5.91. The number of allylic oxidation sites excluding steroid dienone is 3. The summed E-state index contributed by atoms with van der Waals surface area (Å²) in [6.45, 7) is 8.49. The van der Waals surface area contributed by atoms with Gasteiger partial charge in [0.2, 0.25) is 0 Å². The second kappa shape index (κ2) is 10.0. The number of piperazine rings is 1. The number of fused-ring (bicyclic) bond motifs is 2. The molecule has 200 valence electrons. The topological polar surface area (TPSA) is 32.8 Å². The number of benzene rings is 2. The second-order valence-electron chi connectivity index (χ2n) is 11.8. The summed E-state index contributed by atoms with van der Waals surface area (Å²) < 4.78 is 33.3. The van der Waals surface area contributed by atoms with E-state index < -0.39 is 0 Å². The number of halogens is 2. The van der Waals surface area contributed by atoms with Crippen molar-refractivity contribution in [2.45, 2.75) is 45.3 Å². The van der Waals surface area contributed by atoms with Crippen LogP contribution < -0.4 is 0 Å². The third-order valence-corrected chi connectivity index (χ3v) is 9.30. The maximum absolute atomic E-state index is 13.7. The molecule has 4 atom stereocenters. The van der Waals surface area contributed by atoms with Crippen LogP contribution in [0.25, 0.3) is 0 Å². The lowest BCUT2D eigenvalue weighted by Crippen LogP contribution is -2.50. The van der Waals surface area contributed by atoms with Gasteiger partial charge in [0, 0.05) is 38.6 Å². The summed E-state index contributed by atoms with van der Waals surface area (Å²) in [6.07, 6.45) is 7.81. The van der Waals surface area contributed by atoms with Crippen molar-refractivity contribution in [3.63, 3.8) is 0 Å². The van der Waals surface area contributed by atoms with Crippen LogP contribution in [0.2, 0.25) is 0 Å². The molecule has 0 N–H and O–H groups in total. The maximum atomic E-state index is 13.7. The molecule has 2 heterocycles. The molecule has 4 aliphatic rings. The molecular weight excluding hydrogens is 482 g/mol. The monoisotopic (exact) mass is 518 g/mol. The molecule has 0 spiro atoms. The molecule has 2 aromatic rings. The normalized spacial score (nSPS) is 29.9. The van der Waals surface area contributed by atoms with Crippen molar-refractivity contribution in [2.75, 3.05) is 32.7 Å². The van der Waals surface area contributed by atoms with Crippen molar-refractivity contribution in [3.8, 4) is 0 Å². The van der Waals surface area contributed by atoms with E-state index in [-0.39, 0.29) is 47.0 Å². The van der Waals surface area contributed by atoms with Gasteiger partial charge in [-0.1, -0.05) is 48.9 Å². The Balaban J connectivity index is 1.17. The van der Waals surface area contributed by atoms with E-state index >= 15 is 0 Å². The molecule has 2 fully saturated rings. The third-order valence-electron chi connectivity index (χ3n) is 9.30. The zero-order valence-corrected chi connectivity index (χ0v) is 22.2. The zero-order chi connectivity index (χ0) is 26.4. The SMILES string of the molecule is CC1=CCC[C@@]2(C)C[C@H]3OC(=O)[C@@H](CN4CCN(C(c5ccc(F)cc5)c5ccc(F)cc5)CC4)[C@@H]3C=C12. The Morgan fingerprint density at radius 2 is 1.58 bits per heavy atom. The van der Waals surface area contributed by atoms with E-state index in [9.17, 15) is 13.6 Å². The molecule has 4 nitrogen and oxygen atoms in total. The molecule has 0 saturated carbocycles. The van der Waals surface area contributed by atoms with Crippen molar-refractivity contribution in [1.82, 2.24) is 9.80 Å². The molecule has 6 heteroatoms. The fourth-order valence-corrected chi connectivity index (χ4v) is 7.22. The first kappa shape index (κ1) is 25.4. The van der Waals surface area contributed by atoms with Gasteiger partial charge in [0.1, 0.15) is 17.7 Å². The summed E-state index contributed by atoms with van der Waals surface area (Å²) in [5.41, 5.74) is 4.86. The van der Waals surface area contributed by atoms with Crippen LogP contribution in [0.3, 0.4) is 0 Å². The van der Waals surface area contributed by atoms with Crippen LogP contribution in [0.4, 0.5) is 8.78 Å². The molecule has 2 saturated heterocycles. The summed E-state index contributed by atoms with van der Waals surface area (Å²) in [6, 6.07) is 13.1. The third kappa shape index (κ3) is 4.73. The van der Waals surface area contributed by atoms with E-state index in [4.69, 9.17) is 4.74 Å². The minimum Gasteiger partial charge on any atom is -0.461 e. The fraction of sp³-hybridized carbons (Fsp3) is 0.469. The van der Waals surface area contributed by atoms with Gasteiger partial charge in [-0.25, -0.2) is 8.78 Å². The Bertz CT molecular complexity index is 1200. The standard InChI is InChI=1S/C32H36F2N2O2/c1-21-4-3-13-32(2)19-29-26(18-28(21)32)27(31(37)38-29)20-35-14-16-36(17-15-35)30(22-5-9-24(33)10-6-22)23-7-11-25(34)12-8-23/h4-12,18,26-27,29-30H,3,13-17,19-20H2,1-2H3/t26-,27-,29+,32-/m0/s1. The maximum Gasteiger partial charge on any atom is 0.311 e. The smallest absolute Gasteiger partial charge is 0.311 e. The fourth-order valence-electron chi connectivity index (χ4n) is 7.22. The van der Waals surface area contributed by atoms with Gasteiger partial charge in [-0.05, 0) is 72.6 Å². The Morgan fingerprint density at radius 3 is 2.18 bits per heavy atom. The van der Waals surface area contributed by atoms with Crippen LogP contribution in [0.15, 0.2) is 71.8 Å². The molecular formula is C32H36F2N2O2. The second-order valence-corrected chi connectivity index (χ2v) is 11.8. The number of esters is 1. The van der Waals surface area contributed by atoms with Gasteiger partial charge in [0.25, 0.3) is 0 Å². The molecule has 2 aliphatic carbocycles. The van der Waals surface area contributed by atoms with Crippen molar-refractivity contribution in [2.24, 2.45) is 17.3 Å².